The average molecular weight is 316 g/mol. The van der Waals surface area contributed by atoms with Gasteiger partial charge in [-0.1, -0.05) is 19.1 Å². The molecule has 0 spiro atoms. The summed E-state index contributed by atoms with van der Waals surface area (Å²) in [4.78, 5) is 12.2. The van der Waals surface area contributed by atoms with E-state index in [4.69, 9.17) is 5.11 Å². The molecule has 1 aromatic heterocycles. The molecule has 2 amide bonds. The molecule has 0 aliphatic heterocycles. The largest absolute Gasteiger partial charge is 0.396 e. The molecular weight excluding hydrogens is 292 g/mol. The van der Waals surface area contributed by atoms with Crippen LogP contribution in [-0.4, -0.2) is 33.1 Å². The number of carbonyl (C=O) groups excluding carboxylic acids is 1. The van der Waals surface area contributed by atoms with Crippen LogP contribution in [0.15, 0.2) is 42.7 Å². The summed E-state index contributed by atoms with van der Waals surface area (Å²) >= 11 is 0. The predicted octanol–water partition coefficient (Wildman–Crippen LogP) is 2.60. The maximum atomic E-state index is 12.2. The highest BCUT2D eigenvalue weighted by atomic mass is 16.3. The first-order chi connectivity index (χ1) is 11.0. The molecule has 6 heteroatoms. The number of urea groups is 1. The van der Waals surface area contributed by atoms with Gasteiger partial charge in [-0.25, -0.2) is 4.79 Å². The summed E-state index contributed by atoms with van der Waals surface area (Å²) in [5.41, 5.74) is 1.38. The van der Waals surface area contributed by atoms with E-state index in [2.05, 4.69) is 15.7 Å². The van der Waals surface area contributed by atoms with Gasteiger partial charge < -0.3 is 15.7 Å². The number of hydrogen-bond donors (Lipinski definition) is 3. The molecule has 2 aromatic rings. The van der Waals surface area contributed by atoms with Crippen LogP contribution >= 0.6 is 0 Å². The molecule has 0 saturated heterocycles. The van der Waals surface area contributed by atoms with Crippen molar-refractivity contribution >= 4 is 11.7 Å². The molecule has 3 N–H and O–H groups in total. The van der Waals surface area contributed by atoms with Gasteiger partial charge in [0.1, 0.15) is 0 Å². The van der Waals surface area contributed by atoms with Crippen LogP contribution in [0.2, 0.25) is 0 Å². The minimum absolute atomic E-state index is 0.0456. The van der Waals surface area contributed by atoms with Crippen LogP contribution in [0.3, 0.4) is 0 Å². The number of hydrogen-bond acceptors (Lipinski definition) is 3. The first kappa shape index (κ1) is 17.0. The predicted molar refractivity (Wildman–Crippen MR) is 90.3 cm³/mol. The van der Waals surface area contributed by atoms with E-state index >= 15 is 0 Å². The van der Waals surface area contributed by atoms with Crippen LogP contribution in [0, 0.1) is 0 Å². The van der Waals surface area contributed by atoms with Gasteiger partial charge in [0, 0.05) is 30.2 Å². The molecule has 1 aromatic carbocycles. The molecule has 0 aliphatic carbocycles. The van der Waals surface area contributed by atoms with Gasteiger partial charge in [-0.3, -0.25) is 4.68 Å². The number of anilines is 1. The monoisotopic (exact) mass is 316 g/mol. The zero-order valence-corrected chi connectivity index (χ0v) is 13.6. The number of aliphatic hydroxyl groups is 1. The van der Waals surface area contributed by atoms with Crippen molar-refractivity contribution in [3.63, 3.8) is 0 Å². The minimum Gasteiger partial charge on any atom is -0.396 e. The Hall–Kier alpha value is -2.34. The Morgan fingerprint density at radius 1 is 1.39 bits per heavy atom. The van der Waals surface area contributed by atoms with E-state index in [1.807, 2.05) is 55.1 Å². The van der Waals surface area contributed by atoms with Crippen molar-refractivity contribution in [1.82, 2.24) is 15.1 Å². The Morgan fingerprint density at radius 3 is 2.87 bits per heavy atom. The van der Waals surface area contributed by atoms with Gasteiger partial charge in [-0.15, -0.1) is 0 Å². The number of nitrogens with zero attached hydrogens (tertiary/aromatic N) is 2. The fraction of sp³-hybridized carbons (Fsp3) is 0.412. The van der Waals surface area contributed by atoms with Crippen LogP contribution < -0.4 is 10.6 Å². The molecular formula is C17H24N4O2. The SMILES string of the molecule is CCC(C)(CCO)NC(=O)Nc1cccc(Cn2cccn2)c1. The molecule has 124 valence electrons. The van der Waals surface area contributed by atoms with Gasteiger partial charge in [0.15, 0.2) is 0 Å². The summed E-state index contributed by atoms with van der Waals surface area (Å²) in [6, 6.07) is 9.29. The van der Waals surface area contributed by atoms with Crippen molar-refractivity contribution in [3.05, 3.63) is 48.3 Å². The van der Waals surface area contributed by atoms with Gasteiger partial charge in [-0.2, -0.15) is 5.10 Å². The number of amides is 2. The fourth-order valence-corrected chi connectivity index (χ4v) is 2.34. The maximum absolute atomic E-state index is 12.2. The Kier molecular flexibility index (Phi) is 5.76. The first-order valence-corrected chi connectivity index (χ1v) is 7.81. The number of aromatic nitrogens is 2. The summed E-state index contributed by atoms with van der Waals surface area (Å²) in [6.07, 6.45) is 4.91. The van der Waals surface area contributed by atoms with E-state index in [1.54, 1.807) is 6.20 Å². The summed E-state index contributed by atoms with van der Waals surface area (Å²) in [5, 5.41) is 19.1. The van der Waals surface area contributed by atoms with E-state index in [1.165, 1.54) is 0 Å². The van der Waals surface area contributed by atoms with Crippen molar-refractivity contribution in [2.24, 2.45) is 0 Å². The Morgan fingerprint density at radius 2 is 2.22 bits per heavy atom. The molecule has 0 bridgehead atoms. The van der Waals surface area contributed by atoms with Gasteiger partial charge >= 0.3 is 6.03 Å². The molecule has 0 fully saturated rings. The molecule has 0 saturated carbocycles. The van der Waals surface area contributed by atoms with Crippen molar-refractivity contribution < 1.29 is 9.90 Å². The van der Waals surface area contributed by atoms with Crippen LogP contribution in [0.25, 0.3) is 0 Å². The highest BCUT2D eigenvalue weighted by Crippen LogP contribution is 2.15. The lowest BCUT2D eigenvalue weighted by Gasteiger charge is -2.29. The second-order valence-corrected chi connectivity index (χ2v) is 5.87. The van der Waals surface area contributed by atoms with Gasteiger partial charge in [0.05, 0.1) is 6.54 Å². The van der Waals surface area contributed by atoms with E-state index in [0.717, 1.165) is 17.7 Å². The lowest BCUT2D eigenvalue weighted by Crippen LogP contribution is -2.48. The third kappa shape index (κ3) is 5.10. The first-order valence-electron chi connectivity index (χ1n) is 7.81. The standard InChI is InChI=1S/C17H24N4O2/c1-3-17(2,8-11-22)20-16(23)19-15-7-4-6-14(12-15)13-21-10-5-9-18-21/h4-7,9-10,12,22H,3,8,11,13H2,1-2H3,(H2,19,20,23). The zero-order chi connectivity index (χ0) is 16.7. The van der Waals surface area contributed by atoms with Gasteiger partial charge in [0.25, 0.3) is 0 Å². The number of benzene rings is 1. The quantitative estimate of drug-likeness (QED) is 0.734. The van der Waals surface area contributed by atoms with E-state index in [0.29, 0.717) is 13.0 Å². The van der Waals surface area contributed by atoms with E-state index in [9.17, 15) is 4.79 Å². The van der Waals surface area contributed by atoms with Crippen LogP contribution in [0.4, 0.5) is 10.5 Å². The number of rotatable bonds is 7. The smallest absolute Gasteiger partial charge is 0.319 e. The van der Waals surface area contributed by atoms with Gasteiger partial charge in [-0.05, 0) is 43.5 Å². The third-order valence-electron chi connectivity index (χ3n) is 3.95. The number of carbonyl (C=O) groups is 1. The highest BCUT2D eigenvalue weighted by Gasteiger charge is 2.23. The molecule has 6 nitrogen and oxygen atoms in total. The summed E-state index contributed by atoms with van der Waals surface area (Å²) < 4.78 is 1.83. The molecule has 1 heterocycles. The summed E-state index contributed by atoms with van der Waals surface area (Å²) in [5.74, 6) is 0. The molecule has 0 aliphatic rings. The van der Waals surface area contributed by atoms with Gasteiger partial charge in [0.2, 0.25) is 0 Å². The van der Waals surface area contributed by atoms with Crippen LogP contribution in [-0.2, 0) is 6.54 Å². The zero-order valence-electron chi connectivity index (χ0n) is 13.6. The molecule has 0 radical (unpaired) electrons. The Labute approximate surface area is 136 Å². The van der Waals surface area contributed by atoms with Crippen LogP contribution in [0.5, 0.6) is 0 Å². The second kappa shape index (κ2) is 7.78. The van der Waals surface area contributed by atoms with E-state index < -0.39 is 5.54 Å². The van der Waals surface area contributed by atoms with Crippen molar-refractivity contribution in [1.29, 1.82) is 0 Å². The minimum atomic E-state index is -0.411. The normalized spacial score (nSPS) is 13.3. The maximum Gasteiger partial charge on any atom is 0.319 e. The molecule has 1 unspecified atom stereocenters. The number of nitrogens with one attached hydrogen (secondary N) is 2. The Bertz CT molecular complexity index is 627. The average Bonchev–Trinajstić information content (AvgIpc) is 3.00. The lowest BCUT2D eigenvalue weighted by molar-refractivity contribution is 0.208. The number of aliphatic hydroxyl groups excluding tert-OH is 1. The molecule has 1 atom stereocenters. The summed E-state index contributed by atoms with van der Waals surface area (Å²) in [6.45, 7) is 4.61. The van der Waals surface area contributed by atoms with E-state index in [-0.39, 0.29) is 12.6 Å². The topological polar surface area (TPSA) is 79.2 Å². The highest BCUT2D eigenvalue weighted by molar-refractivity contribution is 5.89. The van der Waals surface area contributed by atoms with Crippen molar-refractivity contribution in [2.45, 2.75) is 38.8 Å². The fourth-order valence-electron chi connectivity index (χ4n) is 2.34. The second-order valence-electron chi connectivity index (χ2n) is 5.87. The molecule has 2 rings (SSSR count). The van der Waals surface area contributed by atoms with Crippen molar-refractivity contribution in [3.8, 4) is 0 Å². The lowest BCUT2D eigenvalue weighted by atomic mass is 9.95. The summed E-state index contributed by atoms with van der Waals surface area (Å²) in [7, 11) is 0. The van der Waals surface area contributed by atoms with Crippen LogP contribution in [0.1, 0.15) is 32.3 Å². The molecule has 23 heavy (non-hydrogen) atoms. The van der Waals surface area contributed by atoms with Crippen molar-refractivity contribution in [2.75, 3.05) is 11.9 Å². The third-order valence-corrected chi connectivity index (χ3v) is 3.95. The Balaban J connectivity index is 1.98.